The highest BCUT2D eigenvalue weighted by Crippen LogP contribution is 2.07. The van der Waals surface area contributed by atoms with Gasteiger partial charge in [-0.05, 0) is 6.07 Å². The van der Waals surface area contributed by atoms with Gasteiger partial charge in [-0.15, -0.1) is 0 Å². The molecular weight excluding hydrogens is 142 g/mol. The van der Waals surface area contributed by atoms with Crippen LogP contribution in [0.2, 0.25) is 0 Å². The summed E-state index contributed by atoms with van der Waals surface area (Å²) in [5.74, 6) is 0.577. The molecule has 4 nitrogen and oxygen atoms in total. The van der Waals surface area contributed by atoms with Crippen molar-refractivity contribution in [1.82, 2.24) is 15.0 Å². The van der Waals surface area contributed by atoms with Gasteiger partial charge in [-0.2, -0.15) is 0 Å². The van der Waals surface area contributed by atoms with Crippen molar-refractivity contribution >= 4 is 11.0 Å². The summed E-state index contributed by atoms with van der Waals surface area (Å²) >= 11 is 0. The second-order valence-electron chi connectivity index (χ2n) is 2.23. The number of aliphatic hydroxyl groups excluding tert-OH is 1. The van der Waals surface area contributed by atoms with Crippen molar-refractivity contribution in [3.63, 3.8) is 0 Å². The van der Waals surface area contributed by atoms with Gasteiger partial charge in [0, 0.05) is 6.20 Å². The van der Waals surface area contributed by atoms with E-state index in [1.54, 1.807) is 12.4 Å². The maximum atomic E-state index is 8.72. The Balaban J connectivity index is 2.69. The van der Waals surface area contributed by atoms with E-state index in [0.717, 1.165) is 11.0 Å². The highest BCUT2D eigenvalue weighted by molar-refractivity contribution is 5.73. The molecule has 2 aromatic heterocycles. The van der Waals surface area contributed by atoms with Crippen LogP contribution in [0.15, 0.2) is 18.5 Å². The number of hydrogen-bond donors (Lipinski definition) is 2. The summed E-state index contributed by atoms with van der Waals surface area (Å²) in [4.78, 5) is 10.9. The van der Waals surface area contributed by atoms with E-state index < -0.39 is 0 Å². The van der Waals surface area contributed by atoms with Gasteiger partial charge in [0.05, 0.1) is 11.7 Å². The SMILES string of the molecule is OCc1nc2cnccc2[nH]1. The van der Waals surface area contributed by atoms with Crippen LogP contribution >= 0.6 is 0 Å². The molecule has 0 bridgehead atoms. The van der Waals surface area contributed by atoms with Gasteiger partial charge in [-0.1, -0.05) is 0 Å². The minimum absolute atomic E-state index is 0.0608. The summed E-state index contributed by atoms with van der Waals surface area (Å²) in [5, 5.41) is 8.72. The number of imidazole rings is 1. The number of hydrogen-bond acceptors (Lipinski definition) is 3. The predicted octanol–water partition coefficient (Wildman–Crippen LogP) is 0.450. The van der Waals surface area contributed by atoms with E-state index in [0.29, 0.717) is 5.82 Å². The molecule has 0 amide bonds. The van der Waals surface area contributed by atoms with E-state index in [4.69, 9.17) is 5.11 Å². The average molecular weight is 149 g/mol. The van der Waals surface area contributed by atoms with Gasteiger partial charge in [0.1, 0.15) is 17.9 Å². The van der Waals surface area contributed by atoms with Crippen LogP contribution in [0.25, 0.3) is 11.0 Å². The van der Waals surface area contributed by atoms with E-state index in [-0.39, 0.29) is 6.61 Å². The number of nitrogens with one attached hydrogen (secondary N) is 1. The molecule has 2 heterocycles. The fourth-order valence-corrected chi connectivity index (χ4v) is 0.985. The smallest absolute Gasteiger partial charge is 0.133 e. The number of aromatic amines is 1. The Morgan fingerprint density at radius 2 is 2.45 bits per heavy atom. The standard InChI is InChI=1S/C7H7N3O/c11-4-7-9-5-1-2-8-3-6(5)10-7/h1-3,11H,4H2,(H,9,10). The summed E-state index contributed by atoms with van der Waals surface area (Å²) in [6.07, 6.45) is 3.34. The monoisotopic (exact) mass is 149 g/mol. The number of H-pyrrole nitrogens is 1. The first-order valence-corrected chi connectivity index (χ1v) is 3.29. The van der Waals surface area contributed by atoms with Crippen molar-refractivity contribution in [2.24, 2.45) is 0 Å². The number of rotatable bonds is 1. The van der Waals surface area contributed by atoms with Crippen LogP contribution in [0.4, 0.5) is 0 Å². The van der Waals surface area contributed by atoms with Gasteiger partial charge in [0.2, 0.25) is 0 Å². The molecule has 0 saturated heterocycles. The molecule has 0 unspecified atom stereocenters. The van der Waals surface area contributed by atoms with Crippen molar-refractivity contribution in [2.75, 3.05) is 0 Å². The van der Waals surface area contributed by atoms with Gasteiger partial charge in [0.25, 0.3) is 0 Å². The van der Waals surface area contributed by atoms with E-state index in [9.17, 15) is 0 Å². The Morgan fingerprint density at radius 1 is 1.55 bits per heavy atom. The van der Waals surface area contributed by atoms with E-state index >= 15 is 0 Å². The van der Waals surface area contributed by atoms with E-state index in [1.165, 1.54) is 0 Å². The van der Waals surface area contributed by atoms with E-state index in [2.05, 4.69) is 15.0 Å². The average Bonchev–Trinajstić information content (AvgIpc) is 2.46. The number of fused-ring (bicyclic) bond motifs is 1. The molecule has 0 saturated carbocycles. The first kappa shape index (κ1) is 6.30. The van der Waals surface area contributed by atoms with Crippen LogP contribution in [0, 0.1) is 0 Å². The number of aromatic nitrogens is 3. The molecule has 2 N–H and O–H groups in total. The molecular formula is C7H7N3O. The number of nitrogens with zero attached hydrogens (tertiary/aromatic N) is 2. The normalized spacial score (nSPS) is 10.6. The Bertz CT molecular complexity index is 335. The van der Waals surface area contributed by atoms with Crippen molar-refractivity contribution in [3.8, 4) is 0 Å². The lowest BCUT2D eigenvalue weighted by atomic mass is 10.4. The quantitative estimate of drug-likeness (QED) is 0.618. The molecule has 0 aliphatic heterocycles. The Kier molecular flexibility index (Phi) is 1.33. The molecule has 0 aliphatic rings. The second kappa shape index (κ2) is 2.32. The zero-order chi connectivity index (χ0) is 7.68. The molecule has 0 fully saturated rings. The lowest BCUT2D eigenvalue weighted by Gasteiger charge is -1.81. The third-order valence-electron chi connectivity index (χ3n) is 1.48. The maximum Gasteiger partial charge on any atom is 0.133 e. The van der Waals surface area contributed by atoms with Gasteiger partial charge in [-0.25, -0.2) is 4.98 Å². The second-order valence-corrected chi connectivity index (χ2v) is 2.23. The van der Waals surface area contributed by atoms with E-state index in [1.807, 2.05) is 6.07 Å². The molecule has 2 aromatic rings. The zero-order valence-corrected chi connectivity index (χ0v) is 5.78. The zero-order valence-electron chi connectivity index (χ0n) is 5.78. The van der Waals surface area contributed by atoms with Crippen LogP contribution in [-0.2, 0) is 6.61 Å². The first-order valence-electron chi connectivity index (χ1n) is 3.29. The Hall–Kier alpha value is -1.42. The van der Waals surface area contributed by atoms with Gasteiger partial charge < -0.3 is 10.1 Å². The van der Waals surface area contributed by atoms with Crippen LogP contribution in [0.1, 0.15) is 5.82 Å². The minimum Gasteiger partial charge on any atom is -0.388 e. The maximum absolute atomic E-state index is 8.72. The molecule has 0 aromatic carbocycles. The molecule has 56 valence electrons. The summed E-state index contributed by atoms with van der Waals surface area (Å²) in [6, 6.07) is 1.82. The van der Waals surface area contributed by atoms with Crippen molar-refractivity contribution in [3.05, 3.63) is 24.3 Å². The fraction of sp³-hybridized carbons (Fsp3) is 0.143. The Morgan fingerprint density at radius 3 is 3.18 bits per heavy atom. The van der Waals surface area contributed by atoms with Gasteiger partial charge in [-0.3, -0.25) is 4.98 Å². The van der Waals surface area contributed by atoms with Gasteiger partial charge in [0.15, 0.2) is 0 Å². The topological polar surface area (TPSA) is 61.8 Å². The van der Waals surface area contributed by atoms with Crippen molar-refractivity contribution in [2.45, 2.75) is 6.61 Å². The minimum atomic E-state index is -0.0608. The van der Waals surface area contributed by atoms with Crippen LogP contribution < -0.4 is 0 Å². The molecule has 0 radical (unpaired) electrons. The molecule has 2 rings (SSSR count). The summed E-state index contributed by atoms with van der Waals surface area (Å²) < 4.78 is 0. The van der Waals surface area contributed by atoms with Crippen LogP contribution in [0.3, 0.4) is 0 Å². The highest BCUT2D eigenvalue weighted by atomic mass is 16.3. The fourth-order valence-electron chi connectivity index (χ4n) is 0.985. The molecule has 0 atom stereocenters. The predicted molar refractivity (Wildman–Crippen MR) is 39.8 cm³/mol. The van der Waals surface area contributed by atoms with Crippen LogP contribution in [0.5, 0.6) is 0 Å². The molecule has 0 aliphatic carbocycles. The van der Waals surface area contributed by atoms with Crippen molar-refractivity contribution in [1.29, 1.82) is 0 Å². The first-order chi connectivity index (χ1) is 5.40. The third kappa shape index (κ3) is 0.969. The van der Waals surface area contributed by atoms with Gasteiger partial charge >= 0.3 is 0 Å². The van der Waals surface area contributed by atoms with Crippen molar-refractivity contribution < 1.29 is 5.11 Å². The number of pyridine rings is 1. The summed E-state index contributed by atoms with van der Waals surface area (Å²) in [7, 11) is 0. The largest absolute Gasteiger partial charge is 0.388 e. The molecule has 0 spiro atoms. The van der Waals surface area contributed by atoms with Crippen LogP contribution in [-0.4, -0.2) is 20.1 Å². The summed E-state index contributed by atoms with van der Waals surface area (Å²) in [6.45, 7) is -0.0608. The molecule has 11 heavy (non-hydrogen) atoms. The number of aliphatic hydroxyl groups is 1. The lowest BCUT2D eigenvalue weighted by Crippen LogP contribution is -1.83. The Labute approximate surface area is 62.9 Å². The third-order valence-corrected chi connectivity index (χ3v) is 1.48. The highest BCUT2D eigenvalue weighted by Gasteiger charge is 1.98. The summed E-state index contributed by atoms with van der Waals surface area (Å²) in [5.41, 5.74) is 1.70. The lowest BCUT2D eigenvalue weighted by molar-refractivity contribution is 0.273. The molecule has 4 heteroatoms.